The molecule has 2 rings (SSSR count). The first kappa shape index (κ1) is 9.97. The third kappa shape index (κ3) is 2.27. The first-order valence-electron chi connectivity index (χ1n) is 5.70. The summed E-state index contributed by atoms with van der Waals surface area (Å²) in [5.74, 6) is 1.59. The summed E-state index contributed by atoms with van der Waals surface area (Å²) in [5, 5.41) is 0. The van der Waals surface area contributed by atoms with E-state index in [0.29, 0.717) is 18.3 Å². The second-order valence-corrected chi connectivity index (χ2v) is 4.94. The van der Waals surface area contributed by atoms with Crippen LogP contribution in [0.1, 0.15) is 32.6 Å². The minimum atomic E-state index is 0.124. The number of nitrogens with two attached hydrogens (primary N) is 1. The van der Waals surface area contributed by atoms with Crippen LogP contribution in [-0.2, 0) is 4.79 Å². The third-order valence-corrected chi connectivity index (χ3v) is 3.41. The maximum atomic E-state index is 11.8. The Morgan fingerprint density at radius 3 is 2.71 bits per heavy atom. The fourth-order valence-electron chi connectivity index (χ4n) is 2.18. The standard InChI is InChI=1S/C11H20N2O/c1-8-4-5-13(7-8)11(14)6-10(12)9-2-3-9/h8-10H,2-7,12H2,1H3. The van der Waals surface area contributed by atoms with E-state index in [1.54, 1.807) is 0 Å². The number of rotatable bonds is 3. The molecule has 1 aliphatic heterocycles. The van der Waals surface area contributed by atoms with Gasteiger partial charge in [-0.05, 0) is 31.1 Å². The van der Waals surface area contributed by atoms with Crippen molar-refractivity contribution in [3.63, 3.8) is 0 Å². The number of carbonyl (C=O) groups is 1. The molecule has 2 atom stereocenters. The Morgan fingerprint density at radius 2 is 2.21 bits per heavy atom. The van der Waals surface area contributed by atoms with Gasteiger partial charge in [0.25, 0.3) is 0 Å². The summed E-state index contributed by atoms with van der Waals surface area (Å²) in [6.07, 6.45) is 4.18. The smallest absolute Gasteiger partial charge is 0.224 e. The molecule has 80 valence electrons. The van der Waals surface area contributed by atoms with E-state index < -0.39 is 0 Å². The van der Waals surface area contributed by atoms with Crippen LogP contribution in [0.15, 0.2) is 0 Å². The summed E-state index contributed by atoms with van der Waals surface area (Å²) in [5.41, 5.74) is 5.93. The van der Waals surface area contributed by atoms with E-state index in [4.69, 9.17) is 5.73 Å². The zero-order chi connectivity index (χ0) is 10.1. The molecule has 3 nitrogen and oxygen atoms in total. The van der Waals surface area contributed by atoms with Crippen LogP contribution in [0.4, 0.5) is 0 Å². The Morgan fingerprint density at radius 1 is 1.50 bits per heavy atom. The second-order valence-electron chi connectivity index (χ2n) is 4.94. The number of amides is 1. The van der Waals surface area contributed by atoms with Gasteiger partial charge in [-0.1, -0.05) is 6.92 Å². The molecule has 2 fully saturated rings. The van der Waals surface area contributed by atoms with E-state index in [2.05, 4.69) is 6.92 Å². The number of hydrogen-bond acceptors (Lipinski definition) is 2. The highest BCUT2D eigenvalue weighted by molar-refractivity contribution is 5.77. The van der Waals surface area contributed by atoms with Gasteiger partial charge in [-0.15, -0.1) is 0 Å². The molecule has 0 aromatic rings. The molecule has 1 heterocycles. The zero-order valence-electron chi connectivity index (χ0n) is 8.91. The van der Waals surface area contributed by atoms with Gasteiger partial charge in [-0.2, -0.15) is 0 Å². The molecular formula is C11H20N2O. The minimum absolute atomic E-state index is 0.124. The highest BCUT2D eigenvalue weighted by Gasteiger charge is 2.32. The lowest BCUT2D eigenvalue weighted by Gasteiger charge is -2.18. The van der Waals surface area contributed by atoms with E-state index in [-0.39, 0.29) is 11.9 Å². The van der Waals surface area contributed by atoms with Crippen LogP contribution in [-0.4, -0.2) is 29.9 Å². The van der Waals surface area contributed by atoms with Crippen LogP contribution >= 0.6 is 0 Å². The van der Waals surface area contributed by atoms with Crippen LogP contribution in [0.2, 0.25) is 0 Å². The van der Waals surface area contributed by atoms with E-state index in [1.165, 1.54) is 12.8 Å². The van der Waals surface area contributed by atoms with Crippen molar-refractivity contribution in [3.05, 3.63) is 0 Å². The van der Waals surface area contributed by atoms with Gasteiger partial charge >= 0.3 is 0 Å². The normalized spacial score (nSPS) is 29.3. The largest absolute Gasteiger partial charge is 0.342 e. The molecule has 0 spiro atoms. The molecule has 2 aliphatic rings. The topological polar surface area (TPSA) is 46.3 Å². The van der Waals surface area contributed by atoms with Gasteiger partial charge < -0.3 is 10.6 Å². The summed E-state index contributed by atoms with van der Waals surface area (Å²) in [6, 6.07) is 0.124. The molecule has 0 aromatic carbocycles. The predicted molar refractivity (Wildman–Crippen MR) is 55.7 cm³/mol. The van der Waals surface area contributed by atoms with Crippen molar-refractivity contribution in [2.75, 3.05) is 13.1 Å². The van der Waals surface area contributed by atoms with Gasteiger partial charge in [0.15, 0.2) is 0 Å². The molecule has 0 bridgehead atoms. The molecule has 1 saturated heterocycles. The van der Waals surface area contributed by atoms with Crippen molar-refractivity contribution in [1.82, 2.24) is 4.90 Å². The van der Waals surface area contributed by atoms with Crippen molar-refractivity contribution >= 4 is 5.91 Å². The molecular weight excluding hydrogens is 176 g/mol. The average Bonchev–Trinajstić information content (AvgIpc) is 2.89. The summed E-state index contributed by atoms with van der Waals surface area (Å²) < 4.78 is 0. The van der Waals surface area contributed by atoms with Crippen LogP contribution in [0, 0.1) is 11.8 Å². The van der Waals surface area contributed by atoms with Crippen LogP contribution < -0.4 is 5.73 Å². The van der Waals surface area contributed by atoms with Gasteiger partial charge in [-0.3, -0.25) is 4.79 Å². The van der Waals surface area contributed by atoms with Crippen LogP contribution in [0.3, 0.4) is 0 Å². The van der Waals surface area contributed by atoms with Crippen molar-refractivity contribution in [2.24, 2.45) is 17.6 Å². The van der Waals surface area contributed by atoms with Gasteiger partial charge in [0.1, 0.15) is 0 Å². The maximum absolute atomic E-state index is 11.8. The number of hydrogen-bond donors (Lipinski definition) is 1. The highest BCUT2D eigenvalue weighted by atomic mass is 16.2. The molecule has 14 heavy (non-hydrogen) atoms. The molecule has 1 saturated carbocycles. The van der Waals surface area contributed by atoms with Crippen molar-refractivity contribution in [3.8, 4) is 0 Å². The Bertz CT molecular complexity index is 225. The summed E-state index contributed by atoms with van der Waals surface area (Å²) in [6.45, 7) is 4.09. The number of likely N-dealkylation sites (tertiary alicyclic amines) is 1. The van der Waals surface area contributed by atoms with Crippen molar-refractivity contribution in [2.45, 2.75) is 38.6 Å². The van der Waals surface area contributed by atoms with Crippen molar-refractivity contribution < 1.29 is 4.79 Å². The average molecular weight is 196 g/mol. The van der Waals surface area contributed by atoms with Crippen LogP contribution in [0.5, 0.6) is 0 Å². The quantitative estimate of drug-likeness (QED) is 0.731. The molecule has 2 N–H and O–H groups in total. The van der Waals surface area contributed by atoms with Crippen LogP contribution in [0.25, 0.3) is 0 Å². The van der Waals surface area contributed by atoms with Gasteiger partial charge in [0.2, 0.25) is 5.91 Å². The first-order chi connectivity index (χ1) is 6.66. The third-order valence-electron chi connectivity index (χ3n) is 3.41. The number of nitrogens with zero attached hydrogens (tertiary/aromatic N) is 1. The molecule has 0 aromatic heterocycles. The monoisotopic (exact) mass is 196 g/mol. The molecule has 3 heteroatoms. The Labute approximate surface area is 85.6 Å². The Hall–Kier alpha value is -0.570. The summed E-state index contributed by atoms with van der Waals surface area (Å²) in [4.78, 5) is 13.8. The van der Waals surface area contributed by atoms with E-state index in [9.17, 15) is 4.79 Å². The lowest BCUT2D eigenvalue weighted by atomic mass is 10.1. The molecule has 0 radical (unpaired) electrons. The van der Waals surface area contributed by atoms with E-state index in [1.807, 2.05) is 4.90 Å². The SMILES string of the molecule is CC1CCN(C(=O)CC(N)C2CC2)C1. The number of carbonyl (C=O) groups excluding carboxylic acids is 1. The zero-order valence-corrected chi connectivity index (χ0v) is 8.91. The molecule has 1 amide bonds. The Balaban J connectivity index is 1.77. The fourth-order valence-corrected chi connectivity index (χ4v) is 2.18. The van der Waals surface area contributed by atoms with E-state index >= 15 is 0 Å². The summed E-state index contributed by atoms with van der Waals surface area (Å²) in [7, 11) is 0. The first-order valence-corrected chi connectivity index (χ1v) is 5.70. The molecule has 2 unspecified atom stereocenters. The minimum Gasteiger partial charge on any atom is -0.342 e. The summed E-state index contributed by atoms with van der Waals surface area (Å²) >= 11 is 0. The fraction of sp³-hybridized carbons (Fsp3) is 0.909. The lowest BCUT2D eigenvalue weighted by molar-refractivity contribution is -0.130. The highest BCUT2D eigenvalue weighted by Crippen LogP contribution is 2.33. The van der Waals surface area contributed by atoms with Gasteiger partial charge in [-0.25, -0.2) is 0 Å². The van der Waals surface area contributed by atoms with Gasteiger partial charge in [0, 0.05) is 25.6 Å². The van der Waals surface area contributed by atoms with E-state index in [0.717, 1.165) is 19.5 Å². The second kappa shape index (κ2) is 3.89. The maximum Gasteiger partial charge on any atom is 0.224 e. The Kier molecular flexibility index (Phi) is 2.77. The molecule has 1 aliphatic carbocycles. The van der Waals surface area contributed by atoms with Crippen molar-refractivity contribution in [1.29, 1.82) is 0 Å². The lowest BCUT2D eigenvalue weighted by Crippen LogP contribution is -2.35. The predicted octanol–water partition coefficient (Wildman–Crippen LogP) is 0.982. The van der Waals surface area contributed by atoms with Gasteiger partial charge in [0.05, 0.1) is 0 Å².